The van der Waals surface area contributed by atoms with Crippen molar-refractivity contribution >= 4 is 17.5 Å². The summed E-state index contributed by atoms with van der Waals surface area (Å²) in [6, 6.07) is 0.358. The summed E-state index contributed by atoms with van der Waals surface area (Å²) in [6.45, 7) is 3.39. The van der Waals surface area contributed by atoms with Crippen molar-refractivity contribution in [3.8, 4) is 0 Å². The number of carbonyl (C=O) groups is 2. The maximum atomic E-state index is 11.7. The Hall–Kier alpha value is -1.65. The van der Waals surface area contributed by atoms with Gasteiger partial charge in [-0.05, 0) is 12.8 Å². The third kappa shape index (κ3) is 3.69. The van der Waals surface area contributed by atoms with Crippen molar-refractivity contribution in [2.24, 2.45) is 5.92 Å². The van der Waals surface area contributed by atoms with Gasteiger partial charge in [0.05, 0.1) is 7.11 Å². The minimum absolute atomic E-state index is 0.00176. The largest absolute Gasteiger partial charge is 0.465 e. The molecule has 2 N–H and O–H groups in total. The van der Waals surface area contributed by atoms with Gasteiger partial charge in [-0.1, -0.05) is 13.8 Å². The number of rotatable bonds is 6. The molecule has 5 nitrogen and oxygen atoms in total. The van der Waals surface area contributed by atoms with Crippen molar-refractivity contribution in [1.82, 2.24) is 5.32 Å². The Balaban J connectivity index is 2.81. The van der Waals surface area contributed by atoms with Gasteiger partial charge in [-0.2, -0.15) is 0 Å². The van der Waals surface area contributed by atoms with Crippen LogP contribution in [0.2, 0.25) is 0 Å². The molecule has 0 bridgehead atoms. The summed E-state index contributed by atoms with van der Waals surface area (Å²) in [5.74, 6) is -1.33. The Labute approximate surface area is 101 Å². The van der Waals surface area contributed by atoms with E-state index in [0.717, 1.165) is 12.8 Å². The van der Waals surface area contributed by atoms with Crippen molar-refractivity contribution in [3.63, 3.8) is 0 Å². The first-order chi connectivity index (χ1) is 7.97. The van der Waals surface area contributed by atoms with Gasteiger partial charge >= 0.3 is 5.97 Å². The molecular formula is C12H18N2O3. The zero-order valence-corrected chi connectivity index (χ0v) is 10.4. The first-order valence-electron chi connectivity index (χ1n) is 5.65. The number of methoxy groups -OCH3 is 1. The van der Waals surface area contributed by atoms with E-state index < -0.39 is 5.97 Å². The number of hydrogen-bond acceptors (Lipinski definition) is 5. The van der Waals surface area contributed by atoms with Crippen LogP contribution in [0.4, 0.5) is 0 Å². The van der Waals surface area contributed by atoms with Crippen LogP contribution in [0.15, 0.2) is 11.8 Å². The highest BCUT2D eigenvalue weighted by Crippen LogP contribution is 2.19. The standard InChI is InChI=1S/C12H18N2O3/c1-7(2)11(15)10(13)9(12(16)17-3)6-14-8-4-5-8/h6-8,13-14H,4-5H2,1-3H3/b9-6+,13-10?. The van der Waals surface area contributed by atoms with E-state index in [1.54, 1.807) is 13.8 Å². The number of Topliss-reactive ketones (excluding diaryl/α,β-unsaturated/α-hetero) is 1. The van der Waals surface area contributed by atoms with E-state index in [1.165, 1.54) is 13.3 Å². The van der Waals surface area contributed by atoms with E-state index in [9.17, 15) is 9.59 Å². The normalized spacial score (nSPS) is 15.6. The van der Waals surface area contributed by atoms with Crippen LogP contribution in [0.1, 0.15) is 26.7 Å². The first kappa shape index (κ1) is 13.4. The van der Waals surface area contributed by atoms with Gasteiger partial charge in [0, 0.05) is 18.2 Å². The van der Waals surface area contributed by atoms with E-state index >= 15 is 0 Å². The first-order valence-corrected chi connectivity index (χ1v) is 5.65. The van der Waals surface area contributed by atoms with Gasteiger partial charge in [0.1, 0.15) is 11.3 Å². The SMILES string of the molecule is COC(=O)/C(=C/NC1CC1)C(=N)C(=O)C(C)C. The Morgan fingerprint density at radius 1 is 1.41 bits per heavy atom. The monoisotopic (exact) mass is 238 g/mol. The quantitative estimate of drug-likeness (QED) is 0.411. The molecule has 17 heavy (non-hydrogen) atoms. The second kappa shape index (κ2) is 5.61. The summed E-state index contributed by atoms with van der Waals surface area (Å²) in [4.78, 5) is 23.2. The Morgan fingerprint density at radius 2 is 2.00 bits per heavy atom. The van der Waals surface area contributed by atoms with Gasteiger partial charge in [-0.25, -0.2) is 4.79 Å². The summed E-state index contributed by atoms with van der Waals surface area (Å²) < 4.78 is 4.58. The average Bonchev–Trinajstić information content (AvgIpc) is 3.11. The highest BCUT2D eigenvalue weighted by molar-refractivity contribution is 6.50. The van der Waals surface area contributed by atoms with E-state index in [2.05, 4.69) is 10.1 Å². The molecule has 0 amide bonds. The van der Waals surface area contributed by atoms with Gasteiger partial charge < -0.3 is 10.1 Å². The molecule has 94 valence electrons. The molecule has 0 saturated heterocycles. The van der Waals surface area contributed by atoms with Crippen molar-refractivity contribution in [3.05, 3.63) is 11.8 Å². The molecule has 5 heteroatoms. The number of ketones is 1. The third-order valence-corrected chi connectivity index (χ3v) is 2.49. The minimum atomic E-state index is -0.655. The molecule has 0 heterocycles. The molecule has 0 aliphatic heterocycles. The van der Waals surface area contributed by atoms with Crippen LogP contribution in [0.3, 0.4) is 0 Å². The topological polar surface area (TPSA) is 79.2 Å². The summed E-state index contributed by atoms with van der Waals surface area (Å²) >= 11 is 0. The van der Waals surface area contributed by atoms with Gasteiger partial charge in [0.25, 0.3) is 0 Å². The Kier molecular flexibility index (Phi) is 4.43. The fourth-order valence-electron chi connectivity index (χ4n) is 1.22. The average molecular weight is 238 g/mol. The molecule has 1 rings (SSSR count). The summed E-state index contributed by atoms with van der Waals surface area (Å²) in [6.07, 6.45) is 3.53. The third-order valence-electron chi connectivity index (χ3n) is 2.49. The summed E-state index contributed by atoms with van der Waals surface area (Å²) in [5.41, 5.74) is -0.293. The second-order valence-electron chi connectivity index (χ2n) is 4.38. The molecule has 0 aromatic rings. The van der Waals surface area contributed by atoms with E-state index in [1.807, 2.05) is 0 Å². The fourth-order valence-corrected chi connectivity index (χ4v) is 1.22. The van der Waals surface area contributed by atoms with E-state index in [0.29, 0.717) is 6.04 Å². The molecule has 0 radical (unpaired) electrons. The molecule has 1 aliphatic carbocycles. The number of esters is 1. The molecule has 1 saturated carbocycles. The van der Waals surface area contributed by atoms with Crippen LogP contribution >= 0.6 is 0 Å². The van der Waals surface area contributed by atoms with Gasteiger partial charge in [-0.15, -0.1) is 0 Å². The van der Waals surface area contributed by atoms with Crippen molar-refractivity contribution in [1.29, 1.82) is 5.41 Å². The summed E-state index contributed by atoms with van der Waals surface area (Å²) in [5, 5.41) is 10.7. The fraction of sp³-hybridized carbons (Fsp3) is 0.583. The molecule has 0 spiro atoms. The summed E-state index contributed by atoms with van der Waals surface area (Å²) in [7, 11) is 1.24. The predicted molar refractivity (Wildman–Crippen MR) is 63.8 cm³/mol. The Bertz CT molecular complexity index is 368. The molecule has 1 fully saturated rings. The van der Waals surface area contributed by atoms with Crippen LogP contribution < -0.4 is 5.32 Å². The lowest BCUT2D eigenvalue weighted by molar-refractivity contribution is -0.135. The number of nitrogens with one attached hydrogen (secondary N) is 2. The zero-order valence-electron chi connectivity index (χ0n) is 10.4. The maximum Gasteiger partial charge on any atom is 0.341 e. The number of ether oxygens (including phenoxy) is 1. The molecule has 0 aromatic carbocycles. The predicted octanol–water partition coefficient (Wildman–Crippen LogP) is 1.04. The molecular weight excluding hydrogens is 220 g/mol. The van der Waals surface area contributed by atoms with Crippen molar-refractivity contribution < 1.29 is 14.3 Å². The lowest BCUT2D eigenvalue weighted by Crippen LogP contribution is -2.27. The molecule has 0 aromatic heterocycles. The highest BCUT2D eigenvalue weighted by Gasteiger charge is 2.25. The number of carbonyl (C=O) groups excluding carboxylic acids is 2. The molecule has 0 unspecified atom stereocenters. The lowest BCUT2D eigenvalue weighted by Gasteiger charge is -2.09. The van der Waals surface area contributed by atoms with Crippen LogP contribution in [0.5, 0.6) is 0 Å². The van der Waals surface area contributed by atoms with Gasteiger partial charge in [0.15, 0.2) is 5.78 Å². The van der Waals surface area contributed by atoms with Crippen molar-refractivity contribution in [2.45, 2.75) is 32.7 Å². The van der Waals surface area contributed by atoms with E-state index in [-0.39, 0.29) is 23.0 Å². The van der Waals surface area contributed by atoms with Crippen LogP contribution in [-0.4, -0.2) is 30.6 Å². The second-order valence-corrected chi connectivity index (χ2v) is 4.38. The molecule has 1 aliphatic rings. The highest BCUT2D eigenvalue weighted by atomic mass is 16.5. The lowest BCUT2D eigenvalue weighted by atomic mass is 9.99. The number of hydrogen-bond donors (Lipinski definition) is 2. The van der Waals surface area contributed by atoms with Crippen LogP contribution in [-0.2, 0) is 14.3 Å². The van der Waals surface area contributed by atoms with Crippen LogP contribution in [0, 0.1) is 11.3 Å². The molecule has 0 atom stereocenters. The van der Waals surface area contributed by atoms with Gasteiger partial charge in [0.2, 0.25) is 0 Å². The van der Waals surface area contributed by atoms with Crippen molar-refractivity contribution in [2.75, 3.05) is 7.11 Å². The van der Waals surface area contributed by atoms with Gasteiger partial charge in [-0.3, -0.25) is 10.2 Å². The minimum Gasteiger partial charge on any atom is -0.465 e. The zero-order chi connectivity index (χ0) is 13.0. The van der Waals surface area contributed by atoms with Crippen LogP contribution in [0.25, 0.3) is 0 Å². The smallest absolute Gasteiger partial charge is 0.341 e. The maximum absolute atomic E-state index is 11.7. The van der Waals surface area contributed by atoms with E-state index in [4.69, 9.17) is 5.41 Å². The Morgan fingerprint density at radius 3 is 2.41 bits per heavy atom.